The van der Waals surface area contributed by atoms with E-state index in [0.717, 1.165) is 47.3 Å². The van der Waals surface area contributed by atoms with E-state index < -0.39 is 11.7 Å². The Kier molecular flexibility index (Phi) is 5.62. The number of benzene rings is 1. The minimum Gasteiger partial charge on any atom is -0.308 e. The van der Waals surface area contributed by atoms with E-state index in [9.17, 15) is 19.6 Å². The summed E-state index contributed by atoms with van der Waals surface area (Å²) in [5.41, 5.74) is 3.29. The van der Waals surface area contributed by atoms with Crippen LogP contribution in [0.15, 0.2) is 28.1 Å². The molecular weight excluding hydrogens is 450 g/mol. The molecule has 0 bridgehead atoms. The maximum absolute atomic E-state index is 13.4. The largest absolute Gasteiger partial charge is 0.308 e. The monoisotopic (exact) mass is 473 g/mol. The van der Waals surface area contributed by atoms with Crippen molar-refractivity contribution in [2.24, 2.45) is 5.10 Å². The second-order valence-corrected chi connectivity index (χ2v) is 9.89. The van der Waals surface area contributed by atoms with Gasteiger partial charge in [-0.1, -0.05) is 12.1 Å². The Balaban J connectivity index is 1.52. The number of aryl methyl sites for hydroxylation is 4. The SMILES string of the molecule is Cc1ccc(C)c(N2N=C(C(=O)C(C#N)c3nc4sc5c(c4c(=O)[nH]3)CCCC5)CCC2=O)c1. The molecule has 3 heterocycles. The second kappa shape index (κ2) is 8.61. The predicted octanol–water partition coefficient (Wildman–Crippen LogP) is 3.84. The topological polar surface area (TPSA) is 119 Å². The second-order valence-electron chi connectivity index (χ2n) is 8.81. The van der Waals surface area contributed by atoms with Crippen molar-refractivity contribution >= 4 is 44.6 Å². The summed E-state index contributed by atoms with van der Waals surface area (Å²) in [4.78, 5) is 47.8. The van der Waals surface area contributed by atoms with E-state index in [1.807, 2.05) is 38.1 Å². The number of hydrogen-bond donors (Lipinski definition) is 1. The number of aromatic amines is 1. The number of H-pyrrole nitrogens is 1. The molecule has 3 aromatic rings. The van der Waals surface area contributed by atoms with Gasteiger partial charge in [0.05, 0.1) is 17.1 Å². The molecule has 1 aliphatic carbocycles. The van der Waals surface area contributed by atoms with Crippen LogP contribution in [0.4, 0.5) is 5.69 Å². The molecule has 172 valence electrons. The molecule has 0 saturated heterocycles. The lowest BCUT2D eigenvalue weighted by atomic mass is 9.96. The molecule has 1 aliphatic heterocycles. The number of amides is 1. The first-order valence-electron chi connectivity index (χ1n) is 11.3. The first kappa shape index (κ1) is 22.2. The van der Waals surface area contributed by atoms with E-state index in [2.05, 4.69) is 15.1 Å². The normalized spacial score (nSPS) is 16.7. The Morgan fingerprint density at radius 1 is 1.18 bits per heavy atom. The fourth-order valence-corrected chi connectivity index (χ4v) is 5.86. The summed E-state index contributed by atoms with van der Waals surface area (Å²) < 4.78 is 0. The zero-order chi connectivity index (χ0) is 24.0. The number of Topliss-reactive ketones (excluding diaryl/α,β-unsaturated/α-hetero) is 1. The number of rotatable bonds is 4. The highest BCUT2D eigenvalue weighted by molar-refractivity contribution is 7.18. The number of fused-ring (bicyclic) bond motifs is 3. The molecule has 8 nitrogen and oxygen atoms in total. The molecule has 1 amide bonds. The molecule has 0 fully saturated rings. The van der Waals surface area contributed by atoms with Crippen LogP contribution in [0.5, 0.6) is 0 Å². The lowest BCUT2D eigenvalue weighted by Gasteiger charge is -2.25. The third-order valence-electron chi connectivity index (χ3n) is 6.42. The van der Waals surface area contributed by atoms with Gasteiger partial charge in [0.2, 0.25) is 11.7 Å². The highest BCUT2D eigenvalue weighted by Gasteiger charge is 2.33. The van der Waals surface area contributed by atoms with Crippen LogP contribution in [0.2, 0.25) is 0 Å². The van der Waals surface area contributed by atoms with Crippen molar-refractivity contribution in [2.45, 2.75) is 58.3 Å². The van der Waals surface area contributed by atoms with Crippen molar-refractivity contribution in [1.29, 1.82) is 5.26 Å². The van der Waals surface area contributed by atoms with Gasteiger partial charge in [-0.3, -0.25) is 14.4 Å². The van der Waals surface area contributed by atoms with E-state index in [1.165, 1.54) is 16.3 Å². The maximum atomic E-state index is 13.4. The molecule has 1 aromatic carbocycles. The van der Waals surface area contributed by atoms with Crippen molar-refractivity contribution in [2.75, 3.05) is 5.01 Å². The number of ketones is 1. The van der Waals surface area contributed by atoms with E-state index in [4.69, 9.17) is 0 Å². The minimum atomic E-state index is -1.30. The van der Waals surface area contributed by atoms with Crippen LogP contribution in [0.25, 0.3) is 10.2 Å². The van der Waals surface area contributed by atoms with Crippen LogP contribution in [0.3, 0.4) is 0 Å². The van der Waals surface area contributed by atoms with Crippen LogP contribution >= 0.6 is 11.3 Å². The number of aromatic nitrogens is 2. The Morgan fingerprint density at radius 3 is 2.76 bits per heavy atom. The van der Waals surface area contributed by atoms with Crippen LogP contribution in [0.1, 0.15) is 59.0 Å². The quantitative estimate of drug-likeness (QED) is 0.617. The average molecular weight is 474 g/mol. The Labute approximate surface area is 199 Å². The van der Waals surface area contributed by atoms with E-state index in [0.29, 0.717) is 15.9 Å². The highest BCUT2D eigenvalue weighted by atomic mass is 32.1. The van der Waals surface area contributed by atoms with Gasteiger partial charge in [0.1, 0.15) is 16.4 Å². The maximum Gasteiger partial charge on any atom is 0.259 e. The molecule has 1 N–H and O–H groups in total. The van der Waals surface area contributed by atoms with Gasteiger partial charge in [-0.15, -0.1) is 11.3 Å². The van der Waals surface area contributed by atoms with Crippen LogP contribution < -0.4 is 10.6 Å². The summed E-state index contributed by atoms with van der Waals surface area (Å²) in [5, 5.41) is 16.0. The average Bonchev–Trinajstić information content (AvgIpc) is 3.20. The standard InChI is InChI=1S/C25H23N5O3S/c1-13-7-8-14(2)18(11-13)30-20(31)10-9-17(29-30)22(32)16(12-26)23-27-24(33)21-15-5-3-4-6-19(15)34-25(21)28-23/h7-8,11,16H,3-6,9-10H2,1-2H3,(H,27,28,33). The third-order valence-corrected chi connectivity index (χ3v) is 7.60. The van der Waals surface area contributed by atoms with Crippen LogP contribution in [-0.4, -0.2) is 27.4 Å². The van der Waals surface area contributed by atoms with Gasteiger partial charge in [0.15, 0.2) is 5.92 Å². The number of anilines is 1. The summed E-state index contributed by atoms with van der Waals surface area (Å²) >= 11 is 1.47. The molecule has 0 radical (unpaired) electrons. The fourth-order valence-electron chi connectivity index (χ4n) is 4.59. The summed E-state index contributed by atoms with van der Waals surface area (Å²) in [6.45, 7) is 3.79. The van der Waals surface area contributed by atoms with Crippen molar-refractivity contribution in [3.05, 3.63) is 55.9 Å². The summed E-state index contributed by atoms with van der Waals surface area (Å²) in [5.74, 6) is -2.03. The van der Waals surface area contributed by atoms with Gasteiger partial charge in [0.25, 0.3) is 5.56 Å². The van der Waals surface area contributed by atoms with Gasteiger partial charge in [-0.2, -0.15) is 10.4 Å². The Morgan fingerprint density at radius 2 is 1.97 bits per heavy atom. The molecule has 5 rings (SSSR count). The lowest BCUT2D eigenvalue weighted by Crippen LogP contribution is -2.36. The van der Waals surface area contributed by atoms with Crippen molar-refractivity contribution in [3.63, 3.8) is 0 Å². The van der Waals surface area contributed by atoms with Gasteiger partial charge < -0.3 is 4.98 Å². The van der Waals surface area contributed by atoms with Crippen molar-refractivity contribution < 1.29 is 9.59 Å². The number of hydrogen-bond acceptors (Lipinski definition) is 7. The molecule has 2 aromatic heterocycles. The third kappa shape index (κ3) is 3.74. The molecule has 2 aliphatic rings. The number of carbonyl (C=O) groups is 2. The van der Waals surface area contributed by atoms with E-state index in [1.54, 1.807) is 0 Å². The van der Waals surface area contributed by atoms with Crippen LogP contribution in [0, 0.1) is 25.2 Å². The Bertz CT molecular complexity index is 1480. The van der Waals surface area contributed by atoms with Gasteiger partial charge in [-0.25, -0.2) is 9.99 Å². The molecule has 0 saturated carbocycles. The predicted molar refractivity (Wildman–Crippen MR) is 130 cm³/mol. The van der Waals surface area contributed by atoms with E-state index in [-0.39, 0.29) is 35.8 Å². The number of nitrogens with zero attached hydrogens (tertiary/aromatic N) is 4. The summed E-state index contributed by atoms with van der Waals surface area (Å²) in [6.07, 6.45) is 4.13. The Hall–Kier alpha value is -3.64. The molecule has 0 spiro atoms. The van der Waals surface area contributed by atoms with E-state index >= 15 is 0 Å². The number of nitriles is 1. The molecule has 1 unspecified atom stereocenters. The first-order valence-corrected chi connectivity index (χ1v) is 12.1. The van der Waals surface area contributed by atoms with Crippen LogP contribution in [-0.2, 0) is 22.4 Å². The molecule has 9 heteroatoms. The number of carbonyl (C=O) groups excluding carboxylic acids is 2. The van der Waals surface area contributed by atoms with Gasteiger partial charge in [-0.05, 0) is 62.3 Å². The van der Waals surface area contributed by atoms with Gasteiger partial charge >= 0.3 is 0 Å². The van der Waals surface area contributed by atoms with Gasteiger partial charge in [0, 0.05) is 17.7 Å². The summed E-state index contributed by atoms with van der Waals surface area (Å²) in [6, 6.07) is 7.67. The molecule has 1 atom stereocenters. The summed E-state index contributed by atoms with van der Waals surface area (Å²) in [7, 11) is 0. The highest BCUT2D eigenvalue weighted by Crippen LogP contribution is 2.34. The number of thiophene rings is 1. The molecule has 34 heavy (non-hydrogen) atoms. The zero-order valence-corrected chi connectivity index (χ0v) is 19.8. The van der Waals surface area contributed by atoms with Crippen molar-refractivity contribution in [3.8, 4) is 6.07 Å². The smallest absolute Gasteiger partial charge is 0.259 e. The minimum absolute atomic E-state index is 0.0292. The lowest BCUT2D eigenvalue weighted by molar-refractivity contribution is -0.118. The first-order chi connectivity index (χ1) is 16.4. The fraction of sp³-hybridized carbons (Fsp3) is 0.360. The number of nitrogens with one attached hydrogen (secondary N) is 1. The molecular formula is C25H23N5O3S. The zero-order valence-electron chi connectivity index (χ0n) is 19.0. The number of hydrazone groups is 1. The van der Waals surface area contributed by atoms with Crippen molar-refractivity contribution in [1.82, 2.24) is 9.97 Å².